The number of fused-ring (bicyclic) bond motifs is 1. The van der Waals surface area contributed by atoms with Crippen molar-refractivity contribution < 1.29 is 19.0 Å². The highest BCUT2D eigenvalue weighted by Crippen LogP contribution is 2.41. The predicted molar refractivity (Wildman–Crippen MR) is 109 cm³/mol. The van der Waals surface area contributed by atoms with Gasteiger partial charge in [-0.25, -0.2) is 0 Å². The van der Waals surface area contributed by atoms with Crippen LogP contribution in [0.25, 0.3) is 0 Å². The molecule has 0 aliphatic carbocycles. The smallest absolute Gasteiger partial charge is 0.261 e. The Balaban J connectivity index is 1.77. The van der Waals surface area contributed by atoms with Gasteiger partial charge in [0.25, 0.3) is 5.91 Å². The molecule has 2 aromatic rings. The van der Waals surface area contributed by atoms with Crippen LogP contribution >= 0.6 is 0 Å². The lowest BCUT2D eigenvalue weighted by molar-refractivity contribution is -0.128. The molecule has 1 aliphatic heterocycles. The maximum Gasteiger partial charge on any atom is 0.261 e. The monoisotopic (exact) mass is 383 g/mol. The Hall–Kier alpha value is -2.69. The zero-order valence-corrected chi connectivity index (χ0v) is 17.5. The fourth-order valence-corrected chi connectivity index (χ4v) is 3.47. The summed E-state index contributed by atoms with van der Waals surface area (Å²) in [5.74, 6) is 2.06. The number of hydrogen-bond acceptors (Lipinski definition) is 4. The molecule has 1 amide bonds. The van der Waals surface area contributed by atoms with Gasteiger partial charge in [0, 0.05) is 18.1 Å². The fourth-order valence-electron chi connectivity index (χ4n) is 3.47. The van der Waals surface area contributed by atoms with Gasteiger partial charge in [-0.1, -0.05) is 12.1 Å². The molecule has 0 saturated heterocycles. The summed E-state index contributed by atoms with van der Waals surface area (Å²) in [5.41, 5.74) is 2.74. The zero-order chi connectivity index (χ0) is 20.5. The third-order valence-corrected chi connectivity index (χ3v) is 5.22. The lowest BCUT2D eigenvalue weighted by Gasteiger charge is -2.38. The molecule has 5 nitrogen and oxygen atoms in total. The molecule has 0 unspecified atom stereocenters. The molecule has 150 valence electrons. The van der Waals surface area contributed by atoms with E-state index in [9.17, 15) is 4.79 Å². The van der Waals surface area contributed by atoms with E-state index < -0.39 is 11.7 Å². The molecule has 0 aromatic heterocycles. The standard InChI is InChI=1S/C23H29NO4/c1-14-8-7-9-20(15(14)2)27-16(3)22(25)24-19-13-23(4,5)28-21-12-17(26-6)10-11-18(19)21/h7-12,16,19H,13H2,1-6H3,(H,24,25)/t16-,19-/m1/s1. The summed E-state index contributed by atoms with van der Waals surface area (Å²) in [6, 6.07) is 11.4. The highest BCUT2D eigenvalue weighted by molar-refractivity contribution is 5.81. The molecule has 1 aliphatic rings. The number of benzene rings is 2. The summed E-state index contributed by atoms with van der Waals surface area (Å²) in [7, 11) is 1.63. The van der Waals surface area contributed by atoms with Gasteiger partial charge in [-0.05, 0) is 63.9 Å². The van der Waals surface area contributed by atoms with Crippen LogP contribution < -0.4 is 19.5 Å². The third-order valence-electron chi connectivity index (χ3n) is 5.22. The molecule has 2 atom stereocenters. The summed E-state index contributed by atoms with van der Waals surface area (Å²) in [6.07, 6.45) is 0.0713. The van der Waals surface area contributed by atoms with Crippen LogP contribution in [0.5, 0.6) is 17.2 Å². The zero-order valence-electron chi connectivity index (χ0n) is 17.5. The molecular formula is C23H29NO4. The van der Waals surface area contributed by atoms with Crippen LogP contribution in [0.3, 0.4) is 0 Å². The largest absolute Gasteiger partial charge is 0.497 e. The maximum absolute atomic E-state index is 12.9. The average Bonchev–Trinajstić information content (AvgIpc) is 2.63. The summed E-state index contributed by atoms with van der Waals surface area (Å²) in [6.45, 7) is 9.84. The first-order valence-corrected chi connectivity index (χ1v) is 9.60. The van der Waals surface area contributed by atoms with E-state index in [4.69, 9.17) is 14.2 Å². The number of methoxy groups -OCH3 is 1. The van der Waals surface area contributed by atoms with E-state index in [-0.39, 0.29) is 11.9 Å². The first-order valence-electron chi connectivity index (χ1n) is 9.60. The lowest BCUT2D eigenvalue weighted by Crippen LogP contribution is -2.44. The van der Waals surface area contributed by atoms with Crippen molar-refractivity contribution in [2.75, 3.05) is 7.11 Å². The van der Waals surface area contributed by atoms with Crippen LogP contribution in [0.4, 0.5) is 0 Å². The second-order valence-electron chi connectivity index (χ2n) is 7.99. The number of rotatable bonds is 5. The van der Waals surface area contributed by atoms with Crippen LogP contribution in [0, 0.1) is 13.8 Å². The summed E-state index contributed by atoms with van der Waals surface area (Å²) >= 11 is 0. The Kier molecular flexibility index (Phi) is 5.54. The number of ether oxygens (including phenoxy) is 3. The van der Waals surface area contributed by atoms with Gasteiger partial charge in [0.05, 0.1) is 13.2 Å². The summed E-state index contributed by atoms with van der Waals surface area (Å²) in [4.78, 5) is 12.9. The molecular weight excluding hydrogens is 354 g/mol. The molecule has 0 radical (unpaired) electrons. The molecule has 28 heavy (non-hydrogen) atoms. The number of aryl methyl sites for hydroxylation is 1. The molecule has 1 heterocycles. The van der Waals surface area contributed by atoms with Gasteiger partial charge in [-0.2, -0.15) is 0 Å². The first-order chi connectivity index (χ1) is 13.2. The Labute approximate surface area is 167 Å². The second-order valence-corrected chi connectivity index (χ2v) is 7.99. The number of carbonyl (C=O) groups is 1. The Morgan fingerprint density at radius 2 is 2.00 bits per heavy atom. The summed E-state index contributed by atoms with van der Waals surface area (Å²) in [5, 5.41) is 3.14. The Bertz CT molecular complexity index is 875. The molecule has 0 saturated carbocycles. The van der Waals surface area contributed by atoms with Gasteiger partial charge >= 0.3 is 0 Å². The first kappa shape index (κ1) is 20.1. The van der Waals surface area contributed by atoms with Crippen molar-refractivity contribution in [2.24, 2.45) is 0 Å². The van der Waals surface area contributed by atoms with Gasteiger partial charge in [0.2, 0.25) is 0 Å². The van der Waals surface area contributed by atoms with Gasteiger partial charge in [-0.3, -0.25) is 4.79 Å². The van der Waals surface area contributed by atoms with Crippen LogP contribution in [-0.4, -0.2) is 24.7 Å². The average molecular weight is 383 g/mol. The normalized spacial score (nSPS) is 18.4. The van der Waals surface area contributed by atoms with E-state index in [0.29, 0.717) is 6.42 Å². The second kappa shape index (κ2) is 7.74. The molecule has 0 fully saturated rings. The van der Waals surface area contributed by atoms with E-state index in [2.05, 4.69) is 5.32 Å². The molecule has 5 heteroatoms. The van der Waals surface area contributed by atoms with E-state index in [1.807, 2.05) is 64.1 Å². The minimum absolute atomic E-state index is 0.148. The minimum atomic E-state index is -0.604. The Morgan fingerprint density at radius 1 is 1.25 bits per heavy atom. The highest BCUT2D eigenvalue weighted by Gasteiger charge is 2.35. The topological polar surface area (TPSA) is 56.8 Å². The molecule has 3 rings (SSSR count). The molecule has 2 aromatic carbocycles. The SMILES string of the molecule is COc1ccc2c(c1)OC(C)(C)C[C@H]2NC(=O)[C@@H](C)Oc1cccc(C)c1C. The van der Waals surface area contributed by atoms with Crippen LogP contribution in [0.15, 0.2) is 36.4 Å². The van der Waals surface area contributed by atoms with Crippen molar-refractivity contribution in [2.45, 2.75) is 58.8 Å². The van der Waals surface area contributed by atoms with E-state index in [1.54, 1.807) is 14.0 Å². The molecule has 0 bridgehead atoms. The van der Waals surface area contributed by atoms with Crippen LogP contribution in [0.1, 0.15) is 49.9 Å². The number of nitrogens with one attached hydrogen (secondary N) is 1. The van der Waals surface area contributed by atoms with Gasteiger partial charge in [0.1, 0.15) is 22.8 Å². The van der Waals surface area contributed by atoms with Crippen molar-refractivity contribution in [1.29, 1.82) is 0 Å². The Morgan fingerprint density at radius 3 is 2.71 bits per heavy atom. The van der Waals surface area contributed by atoms with Gasteiger partial charge in [0.15, 0.2) is 6.10 Å². The van der Waals surface area contributed by atoms with Gasteiger partial charge in [-0.15, -0.1) is 0 Å². The maximum atomic E-state index is 12.9. The lowest BCUT2D eigenvalue weighted by atomic mass is 9.89. The highest BCUT2D eigenvalue weighted by atomic mass is 16.5. The number of carbonyl (C=O) groups excluding carboxylic acids is 1. The summed E-state index contributed by atoms with van der Waals surface area (Å²) < 4.78 is 17.3. The molecule has 0 spiro atoms. The van der Waals surface area contributed by atoms with Crippen LogP contribution in [0.2, 0.25) is 0 Å². The quantitative estimate of drug-likeness (QED) is 0.826. The van der Waals surface area contributed by atoms with Crippen LogP contribution in [-0.2, 0) is 4.79 Å². The van der Waals surface area contributed by atoms with Crippen molar-refractivity contribution >= 4 is 5.91 Å². The van der Waals surface area contributed by atoms with Crippen molar-refractivity contribution in [3.63, 3.8) is 0 Å². The van der Waals surface area contributed by atoms with E-state index >= 15 is 0 Å². The molecule has 1 N–H and O–H groups in total. The predicted octanol–water partition coefficient (Wildman–Crippen LogP) is 4.50. The number of amides is 1. The minimum Gasteiger partial charge on any atom is -0.497 e. The van der Waals surface area contributed by atoms with Crippen molar-refractivity contribution in [1.82, 2.24) is 5.32 Å². The van der Waals surface area contributed by atoms with Crippen molar-refractivity contribution in [3.8, 4) is 17.2 Å². The fraction of sp³-hybridized carbons (Fsp3) is 0.435. The number of hydrogen-bond donors (Lipinski definition) is 1. The van der Waals surface area contributed by atoms with E-state index in [0.717, 1.165) is 33.9 Å². The van der Waals surface area contributed by atoms with E-state index in [1.165, 1.54) is 0 Å². The third kappa shape index (κ3) is 4.24. The van der Waals surface area contributed by atoms with Gasteiger partial charge < -0.3 is 19.5 Å². The van der Waals surface area contributed by atoms with Crippen molar-refractivity contribution in [3.05, 3.63) is 53.1 Å².